The molecule has 46 heavy (non-hydrogen) atoms. The molecule has 1 aromatic carbocycles. The molecule has 1 fully saturated rings. The van der Waals surface area contributed by atoms with Crippen LogP contribution in [0.2, 0.25) is 0 Å². The summed E-state index contributed by atoms with van der Waals surface area (Å²) in [6.45, 7) is 20.2. The van der Waals surface area contributed by atoms with Crippen molar-refractivity contribution in [2.75, 3.05) is 22.9 Å². The van der Waals surface area contributed by atoms with Gasteiger partial charge in [0.25, 0.3) is 0 Å². The van der Waals surface area contributed by atoms with E-state index < -0.39 is 11.7 Å². The van der Waals surface area contributed by atoms with E-state index in [0.717, 1.165) is 42.5 Å². The Kier molecular flexibility index (Phi) is 20.6. The van der Waals surface area contributed by atoms with Gasteiger partial charge in [-0.2, -0.15) is 18.4 Å². The molecule has 1 amide bonds. The molecule has 6 N–H and O–H groups in total. The first-order valence-electron chi connectivity index (χ1n) is 14.4. The molecular weight excluding hydrogens is 659 g/mol. The average molecular weight is 708 g/mol. The van der Waals surface area contributed by atoms with Gasteiger partial charge in [0.1, 0.15) is 5.60 Å². The van der Waals surface area contributed by atoms with E-state index in [1.54, 1.807) is 20.8 Å². The molecule has 3 rings (SSSR count). The number of rotatable bonds is 9. The maximum atomic E-state index is 12.2. The number of carboxylic acid groups (broad SMARTS) is 1. The Morgan fingerprint density at radius 1 is 1.33 bits per heavy atom. The van der Waals surface area contributed by atoms with E-state index >= 15 is 0 Å². The summed E-state index contributed by atoms with van der Waals surface area (Å²) < 4.78 is 0. The van der Waals surface area contributed by atoms with Gasteiger partial charge in [-0.3, -0.25) is 9.88 Å². The van der Waals surface area contributed by atoms with Crippen LogP contribution in [0.25, 0.3) is 0 Å². The molecule has 1 saturated carbocycles. The first-order chi connectivity index (χ1) is 20.8. The van der Waals surface area contributed by atoms with E-state index in [4.69, 9.17) is 11.0 Å². The monoisotopic (exact) mass is 707 g/mol. The zero-order valence-electron chi connectivity index (χ0n) is 27.9. The fourth-order valence-corrected chi connectivity index (χ4v) is 5.02. The Labute approximate surface area is 299 Å². The van der Waals surface area contributed by atoms with Gasteiger partial charge in [0, 0.05) is 69.7 Å². The zero-order chi connectivity index (χ0) is 33.5. The van der Waals surface area contributed by atoms with Crippen molar-refractivity contribution in [2.45, 2.75) is 72.8 Å². The van der Waals surface area contributed by atoms with Crippen LogP contribution in [0.5, 0.6) is 0 Å². The van der Waals surface area contributed by atoms with Crippen LogP contribution in [0, 0.1) is 47.5 Å². The van der Waals surface area contributed by atoms with E-state index in [2.05, 4.69) is 66.3 Å². The Hall–Kier alpha value is -3.61. The molecule has 1 radical (unpaired) electrons. The third-order valence-electron chi connectivity index (χ3n) is 7.52. The number of hydrogen-bond acceptors (Lipinski definition) is 8. The molecule has 1 aliphatic rings. The van der Waals surface area contributed by atoms with E-state index in [-0.39, 0.29) is 55.3 Å². The number of anilines is 2. The van der Waals surface area contributed by atoms with Gasteiger partial charge in [-0.1, -0.05) is 38.1 Å². The zero-order valence-corrected chi connectivity index (χ0v) is 30.7. The maximum Gasteiger partial charge on any atom is 0.413 e. The SMILES string of the molecule is C#N.C=C1CCC(CN(C(=O)O)c2cnc(C(C)(C)O)cn2)C[C@@]1(C)CN(/C=C\CC)c1cc(C#N)ccc1C.C[C-]=CN.O.[Y]. The second kappa shape index (κ2) is 21.2. The number of nitriles is 2. The molecule has 11 nitrogen and oxygen atoms in total. The summed E-state index contributed by atoms with van der Waals surface area (Å²) in [6, 6.07) is 7.96. The first-order valence-corrected chi connectivity index (χ1v) is 14.4. The van der Waals surface area contributed by atoms with Crippen LogP contribution in [0.15, 0.2) is 61.2 Å². The van der Waals surface area contributed by atoms with Crippen LogP contribution in [-0.4, -0.2) is 44.8 Å². The Morgan fingerprint density at radius 3 is 2.43 bits per heavy atom. The maximum absolute atomic E-state index is 12.2. The topological polar surface area (TPSA) is 195 Å². The third-order valence-corrected chi connectivity index (χ3v) is 7.52. The minimum atomic E-state index is -1.16. The molecule has 1 heterocycles. The predicted molar refractivity (Wildman–Crippen MR) is 178 cm³/mol. The summed E-state index contributed by atoms with van der Waals surface area (Å²) in [7, 11) is 0. The van der Waals surface area contributed by atoms with Crippen molar-refractivity contribution >= 4 is 17.6 Å². The number of allylic oxidation sites excluding steroid dienone is 2. The molecule has 0 aliphatic heterocycles. The number of hydrogen-bond donors (Lipinski definition) is 3. The summed E-state index contributed by atoms with van der Waals surface area (Å²) in [5.41, 5.74) is 7.57. The Morgan fingerprint density at radius 2 is 1.96 bits per heavy atom. The van der Waals surface area contributed by atoms with Crippen LogP contribution < -0.4 is 15.5 Å². The molecule has 1 aromatic heterocycles. The van der Waals surface area contributed by atoms with Crippen LogP contribution in [0.4, 0.5) is 16.3 Å². The van der Waals surface area contributed by atoms with Gasteiger partial charge in [-0.05, 0) is 70.1 Å². The largest absolute Gasteiger partial charge is 0.483 e. The Bertz CT molecular complexity index is 1360. The second-order valence-electron chi connectivity index (χ2n) is 11.5. The van der Waals surface area contributed by atoms with Gasteiger partial charge in [-0.25, -0.2) is 15.0 Å². The summed E-state index contributed by atoms with van der Waals surface area (Å²) in [6.07, 6.45) is 13.2. The molecule has 12 heteroatoms. The van der Waals surface area contributed by atoms with E-state index in [1.807, 2.05) is 25.1 Å². The summed E-state index contributed by atoms with van der Waals surface area (Å²) >= 11 is 0. The van der Waals surface area contributed by atoms with Crippen molar-refractivity contribution in [1.29, 1.82) is 10.5 Å². The molecule has 2 aromatic rings. The molecule has 1 unspecified atom stereocenters. The number of benzene rings is 1. The molecule has 0 spiro atoms. The van der Waals surface area contributed by atoms with Crippen molar-refractivity contribution in [3.63, 3.8) is 0 Å². The van der Waals surface area contributed by atoms with Gasteiger partial charge in [-0.15, -0.1) is 0 Å². The minimum Gasteiger partial charge on any atom is -0.483 e. The fourth-order valence-electron chi connectivity index (χ4n) is 5.02. The van der Waals surface area contributed by atoms with Crippen LogP contribution in [0.1, 0.15) is 77.1 Å². The van der Waals surface area contributed by atoms with E-state index in [9.17, 15) is 20.3 Å². The number of nitrogens with zero attached hydrogens (tertiary/aromatic N) is 6. The van der Waals surface area contributed by atoms with E-state index in [0.29, 0.717) is 24.3 Å². The summed E-state index contributed by atoms with van der Waals surface area (Å²) in [4.78, 5) is 24.2. The molecule has 0 bridgehead atoms. The van der Waals surface area contributed by atoms with Gasteiger partial charge in [0.2, 0.25) is 0 Å². The predicted octanol–water partition coefficient (Wildman–Crippen LogP) is 5.76. The van der Waals surface area contributed by atoms with Crippen LogP contribution in [0.3, 0.4) is 0 Å². The number of carbonyl (C=O) groups is 1. The first kappa shape index (κ1) is 44.5. The summed E-state index contributed by atoms with van der Waals surface area (Å²) in [5, 5.41) is 36.1. The molecule has 0 saturated heterocycles. The number of aromatic nitrogens is 2. The number of nitrogens with two attached hydrogens (primary N) is 1. The minimum absolute atomic E-state index is 0. The van der Waals surface area contributed by atoms with Crippen molar-refractivity contribution < 1.29 is 53.2 Å². The van der Waals surface area contributed by atoms with Crippen molar-refractivity contribution in [2.24, 2.45) is 17.1 Å². The molecule has 1 aliphatic carbocycles. The van der Waals surface area contributed by atoms with Crippen molar-refractivity contribution in [3.8, 4) is 12.6 Å². The van der Waals surface area contributed by atoms with Gasteiger partial charge in [0.05, 0.1) is 29.7 Å². The quantitative estimate of drug-likeness (QED) is 0.215. The van der Waals surface area contributed by atoms with Gasteiger partial charge >= 0.3 is 6.09 Å². The normalized spacial score (nSPS) is 17.2. The number of aryl methyl sites for hydroxylation is 1. The number of amides is 1. The van der Waals surface area contributed by atoms with Gasteiger partial charge < -0.3 is 32.4 Å². The van der Waals surface area contributed by atoms with Crippen LogP contribution >= 0.6 is 0 Å². The summed E-state index contributed by atoms with van der Waals surface area (Å²) in [5.74, 6) is 0.342. The Balaban J connectivity index is 0. The standard InChI is InChI=1S/C30H39N5O3.C3H6N.CHN.H2O.Y/c1-7-8-13-34(25-14-23(16-31)11-9-21(25)2)20-30(6)15-24(12-10-22(30)3)19-35(28(36)37)27-18-32-26(17-33-27)29(4,5)38;1-2-3-4;1-2;;/h8-9,11,13-14,17-18,24,38H,3,7,10,12,15,19-20H2,1-2,4-6H3,(H,36,37);3H,4H2,1H3;1H;1H2;/q;-1;;;/b13-8-;;;;/t24?,30-;;;;/m0..../s1. The second-order valence-corrected chi connectivity index (χ2v) is 11.5. The molecule has 247 valence electrons. The smallest absolute Gasteiger partial charge is 0.413 e. The molecular formula is C34H48N7O4Y-. The fraction of sp³-hybridized carbons (Fsp3) is 0.441. The third kappa shape index (κ3) is 13.0. The van der Waals surface area contributed by atoms with Crippen molar-refractivity contribution in [1.82, 2.24) is 9.97 Å². The number of aliphatic hydroxyl groups is 1. The van der Waals surface area contributed by atoms with Crippen molar-refractivity contribution in [3.05, 3.63) is 84.1 Å². The van der Waals surface area contributed by atoms with E-state index in [1.165, 1.54) is 23.5 Å². The molecule has 2 atom stereocenters. The average Bonchev–Trinajstić information content (AvgIpc) is 3.00. The van der Waals surface area contributed by atoms with Gasteiger partial charge in [0.15, 0.2) is 5.82 Å². The van der Waals surface area contributed by atoms with Crippen LogP contribution in [-0.2, 0) is 38.3 Å².